The van der Waals surface area contributed by atoms with E-state index in [1.807, 2.05) is 0 Å². The van der Waals surface area contributed by atoms with Crippen molar-refractivity contribution in [1.82, 2.24) is 10.6 Å². The van der Waals surface area contributed by atoms with Crippen LogP contribution in [0.25, 0.3) is 0 Å². The van der Waals surface area contributed by atoms with Crippen molar-refractivity contribution >= 4 is 11.9 Å². The van der Waals surface area contributed by atoms with Gasteiger partial charge in [-0.05, 0) is 37.5 Å². The van der Waals surface area contributed by atoms with Crippen molar-refractivity contribution in [2.75, 3.05) is 13.1 Å². The molecule has 0 aromatic rings. The van der Waals surface area contributed by atoms with Crippen LogP contribution in [0.5, 0.6) is 0 Å². The molecule has 1 aliphatic carbocycles. The van der Waals surface area contributed by atoms with Crippen LogP contribution in [-0.4, -0.2) is 36.1 Å². The zero-order valence-electron chi connectivity index (χ0n) is 12.7. The molecule has 5 nitrogen and oxygen atoms in total. The van der Waals surface area contributed by atoms with Gasteiger partial charge < -0.3 is 15.7 Å². The maximum Gasteiger partial charge on any atom is 0.303 e. The normalized spacial score (nSPS) is 16.1. The van der Waals surface area contributed by atoms with Gasteiger partial charge in [0.1, 0.15) is 0 Å². The van der Waals surface area contributed by atoms with Gasteiger partial charge >= 0.3 is 5.97 Å². The van der Waals surface area contributed by atoms with E-state index in [-0.39, 0.29) is 12.3 Å². The van der Waals surface area contributed by atoms with Crippen LogP contribution in [0.4, 0.5) is 0 Å². The van der Waals surface area contributed by atoms with E-state index in [0.29, 0.717) is 37.3 Å². The Morgan fingerprint density at radius 2 is 1.85 bits per heavy atom. The molecule has 3 N–H and O–H groups in total. The van der Waals surface area contributed by atoms with Gasteiger partial charge in [0.05, 0.1) is 0 Å². The van der Waals surface area contributed by atoms with E-state index >= 15 is 0 Å². The van der Waals surface area contributed by atoms with E-state index in [1.54, 1.807) is 0 Å². The van der Waals surface area contributed by atoms with Gasteiger partial charge in [0, 0.05) is 32.0 Å². The van der Waals surface area contributed by atoms with Gasteiger partial charge in [-0.1, -0.05) is 13.8 Å². The van der Waals surface area contributed by atoms with Crippen LogP contribution in [0.3, 0.4) is 0 Å². The Kier molecular flexibility index (Phi) is 7.59. The van der Waals surface area contributed by atoms with Crippen LogP contribution in [0.2, 0.25) is 0 Å². The van der Waals surface area contributed by atoms with Gasteiger partial charge in [-0.3, -0.25) is 9.59 Å². The molecule has 0 heterocycles. The van der Waals surface area contributed by atoms with Crippen molar-refractivity contribution in [3.63, 3.8) is 0 Å². The van der Waals surface area contributed by atoms with Crippen molar-refractivity contribution in [3.05, 3.63) is 0 Å². The van der Waals surface area contributed by atoms with E-state index in [9.17, 15) is 9.59 Å². The Morgan fingerprint density at radius 1 is 1.15 bits per heavy atom. The first-order valence-corrected chi connectivity index (χ1v) is 7.71. The highest BCUT2D eigenvalue weighted by Crippen LogP contribution is 2.20. The van der Waals surface area contributed by atoms with Crippen LogP contribution >= 0.6 is 0 Å². The lowest BCUT2D eigenvalue weighted by molar-refractivity contribution is -0.137. The van der Waals surface area contributed by atoms with E-state index in [4.69, 9.17) is 5.11 Å². The molecule has 20 heavy (non-hydrogen) atoms. The van der Waals surface area contributed by atoms with Gasteiger partial charge in [0.25, 0.3) is 0 Å². The van der Waals surface area contributed by atoms with Crippen molar-refractivity contribution in [2.24, 2.45) is 11.8 Å². The molecule has 1 amide bonds. The van der Waals surface area contributed by atoms with Crippen LogP contribution < -0.4 is 10.6 Å². The predicted octanol–water partition coefficient (Wildman–Crippen LogP) is 1.77. The number of carbonyl (C=O) groups is 2. The number of carbonyl (C=O) groups excluding carboxylic acids is 1. The summed E-state index contributed by atoms with van der Waals surface area (Å²) >= 11 is 0. The highest BCUT2D eigenvalue weighted by molar-refractivity contribution is 5.76. The SMILES string of the molecule is CC(C)C(CCNC(=O)CCNC1CC1)CCC(=O)O. The molecule has 0 bridgehead atoms. The lowest BCUT2D eigenvalue weighted by atomic mass is 9.88. The second-order valence-electron chi connectivity index (χ2n) is 6.05. The Morgan fingerprint density at radius 3 is 2.40 bits per heavy atom. The minimum atomic E-state index is -0.745. The molecule has 1 atom stereocenters. The number of nitrogens with one attached hydrogen (secondary N) is 2. The molecule has 0 radical (unpaired) electrons. The Labute approximate surface area is 121 Å². The molecule has 0 aromatic carbocycles. The van der Waals surface area contributed by atoms with Gasteiger partial charge in [0.2, 0.25) is 5.91 Å². The van der Waals surface area contributed by atoms with Crippen LogP contribution in [-0.2, 0) is 9.59 Å². The summed E-state index contributed by atoms with van der Waals surface area (Å²) in [5, 5.41) is 15.0. The molecule has 0 spiro atoms. The molecule has 1 rings (SSSR count). The van der Waals surface area contributed by atoms with Crippen molar-refractivity contribution < 1.29 is 14.7 Å². The number of aliphatic carboxylic acids is 1. The van der Waals surface area contributed by atoms with Crippen LogP contribution in [0.1, 0.15) is 52.4 Å². The lowest BCUT2D eigenvalue weighted by Crippen LogP contribution is -2.30. The average Bonchev–Trinajstić information content (AvgIpc) is 3.16. The van der Waals surface area contributed by atoms with Crippen molar-refractivity contribution in [3.8, 4) is 0 Å². The molecule has 1 unspecified atom stereocenters. The van der Waals surface area contributed by atoms with E-state index in [2.05, 4.69) is 24.5 Å². The molecule has 0 aromatic heterocycles. The minimum Gasteiger partial charge on any atom is -0.481 e. The molecule has 1 fully saturated rings. The summed E-state index contributed by atoms with van der Waals surface area (Å²) in [5.41, 5.74) is 0. The summed E-state index contributed by atoms with van der Waals surface area (Å²) in [6.07, 6.45) is 4.75. The van der Waals surface area contributed by atoms with E-state index in [1.165, 1.54) is 12.8 Å². The fraction of sp³-hybridized carbons (Fsp3) is 0.867. The second kappa shape index (κ2) is 8.95. The summed E-state index contributed by atoms with van der Waals surface area (Å²) in [4.78, 5) is 22.2. The molecule has 0 aliphatic heterocycles. The summed E-state index contributed by atoms with van der Waals surface area (Å²) in [6.45, 7) is 5.61. The molecule has 0 saturated heterocycles. The smallest absolute Gasteiger partial charge is 0.303 e. The van der Waals surface area contributed by atoms with Gasteiger partial charge in [-0.15, -0.1) is 0 Å². The fourth-order valence-corrected chi connectivity index (χ4v) is 2.28. The fourth-order valence-electron chi connectivity index (χ4n) is 2.28. The summed E-state index contributed by atoms with van der Waals surface area (Å²) < 4.78 is 0. The average molecular weight is 284 g/mol. The largest absolute Gasteiger partial charge is 0.481 e. The molecular weight excluding hydrogens is 256 g/mol. The number of hydrogen-bond donors (Lipinski definition) is 3. The minimum absolute atomic E-state index is 0.0823. The number of rotatable bonds is 11. The van der Waals surface area contributed by atoms with Gasteiger partial charge in [0.15, 0.2) is 0 Å². The molecule has 1 saturated carbocycles. The summed E-state index contributed by atoms with van der Waals surface area (Å²) in [5.74, 6) is 0.142. The highest BCUT2D eigenvalue weighted by atomic mass is 16.4. The van der Waals surface area contributed by atoms with Gasteiger partial charge in [-0.2, -0.15) is 0 Å². The number of amides is 1. The summed E-state index contributed by atoms with van der Waals surface area (Å²) in [7, 11) is 0. The second-order valence-corrected chi connectivity index (χ2v) is 6.05. The van der Waals surface area contributed by atoms with Crippen molar-refractivity contribution in [2.45, 2.75) is 58.4 Å². The molecule has 1 aliphatic rings. The molecular formula is C15H28N2O3. The van der Waals surface area contributed by atoms with Crippen LogP contribution in [0, 0.1) is 11.8 Å². The third kappa shape index (κ3) is 8.15. The topological polar surface area (TPSA) is 78.4 Å². The third-order valence-corrected chi connectivity index (χ3v) is 3.87. The van der Waals surface area contributed by atoms with E-state index in [0.717, 1.165) is 13.0 Å². The number of carboxylic acid groups (broad SMARTS) is 1. The highest BCUT2D eigenvalue weighted by Gasteiger charge is 2.20. The van der Waals surface area contributed by atoms with E-state index < -0.39 is 5.97 Å². The zero-order valence-corrected chi connectivity index (χ0v) is 12.7. The quantitative estimate of drug-likeness (QED) is 0.540. The first-order chi connectivity index (χ1) is 9.49. The van der Waals surface area contributed by atoms with Gasteiger partial charge in [-0.25, -0.2) is 0 Å². The Hall–Kier alpha value is -1.10. The van der Waals surface area contributed by atoms with Crippen LogP contribution in [0.15, 0.2) is 0 Å². The predicted molar refractivity (Wildman–Crippen MR) is 78.5 cm³/mol. The van der Waals surface area contributed by atoms with Crippen molar-refractivity contribution in [1.29, 1.82) is 0 Å². The third-order valence-electron chi connectivity index (χ3n) is 3.87. The number of carboxylic acids is 1. The molecule has 116 valence electrons. The first kappa shape index (κ1) is 17.0. The maximum absolute atomic E-state index is 11.6. The monoisotopic (exact) mass is 284 g/mol. The first-order valence-electron chi connectivity index (χ1n) is 7.71. The standard InChI is InChI=1S/C15H28N2O3/c1-11(2)12(3-6-15(19)20)7-9-17-14(18)8-10-16-13-4-5-13/h11-13,16H,3-10H2,1-2H3,(H,17,18)(H,19,20). The Bertz CT molecular complexity index is 314. The lowest BCUT2D eigenvalue weighted by Gasteiger charge is -2.20. The molecule has 5 heteroatoms. The number of hydrogen-bond acceptors (Lipinski definition) is 3. The Balaban J connectivity index is 2.08. The summed E-state index contributed by atoms with van der Waals surface area (Å²) in [6, 6.07) is 0.643. The zero-order chi connectivity index (χ0) is 15.0. The maximum atomic E-state index is 11.6.